The van der Waals surface area contributed by atoms with Crippen molar-refractivity contribution in [3.63, 3.8) is 0 Å². The number of halogens is 8. The monoisotopic (exact) mass is 274 g/mol. The van der Waals surface area contributed by atoms with Crippen LogP contribution in [0.3, 0.4) is 0 Å². The van der Waals surface area contributed by atoms with Gasteiger partial charge in [0, 0.05) is 13.8 Å². The molecular formula is C8H10F8O. The van der Waals surface area contributed by atoms with Crippen molar-refractivity contribution in [3.05, 3.63) is 0 Å². The third-order valence-corrected chi connectivity index (χ3v) is 1.85. The fourth-order valence-electron chi connectivity index (χ4n) is 0.561. The topological polar surface area (TPSA) is 9.23 Å². The van der Waals surface area contributed by atoms with E-state index in [1.165, 1.54) is 0 Å². The van der Waals surface area contributed by atoms with Crippen molar-refractivity contribution >= 4 is 0 Å². The van der Waals surface area contributed by atoms with Gasteiger partial charge in [0.05, 0.1) is 0 Å². The van der Waals surface area contributed by atoms with Gasteiger partial charge in [-0.2, -0.15) is 17.6 Å². The number of hydrogen-bond donors (Lipinski definition) is 0. The summed E-state index contributed by atoms with van der Waals surface area (Å²) in [5, 5.41) is 0. The Balaban J connectivity index is 4.36. The average Bonchev–Trinajstić information content (AvgIpc) is 1.98. The van der Waals surface area contributed by atoms with Crippen molar-refractivity contribution in [2.45, 2.75) is 37.5 Å². The van der Waals surface area contributed by atoms with Gasteiger partial charge in [-0.3, -0.25) is 0 Å². The molecule has 0 heterocycles. The van der Waals surface area contributed by atoms with Crippen LogP contribution in [0.5, 0.6) is 0 Å². The molecule has 0 unspecified atom stereocenters. The van der Waals surface area contributed by atoms with Crippen molar-refractivity contribution in [3.8, 4) is 0 Å². The van der Waals surface area contributed by atoms with E-state index in [0.717, 1.165) is 0 Å². The molecule has 0 saturated heterocycles. The third kappa shape index (κ3) is 4.29. The molecule has 0 aliphatic rings. The third-order valence-electron chi connectivity index (χ3n) is 1.85. The first kappa shape index (κ1) is 16.4. The highest BCUT2D eigenvalue weighted by Crippen LogP contribution is 2.36. The van der Waals surface area contributed by atoms with E-state index in [1.807, 2.05) is 0 Å². The first-order valence-electron chi connectivity index (χ1n) is 4.30. The Bertz CT molecular complexity index is 225. The number of hydrogen-bond acceptors (Lipinski definition) is 1. The smallest absolute Gasteiger partial charge is 0.332 e. The van der Waals surface area contributed by atoms with Gasteiger partial charge in [0.2, 0.25) is 0 Å². The molecular weight excluding hydrogens is 264 g/mol. The normalized spacial score (nSPS) is 15.2. The molecule has 0 aromatic heterocycles. The maximum absolute atomic E-state index is 12.5. The highest BCUT2D eigenvalue weighted by Gasteiger charge is 2.55. The van der Waals surface area contributed by atoms with Gasteiger partial charge in [-0.15, -0.1) is 0 Å². The summed E-state index contributed by atoms with van der Waals surface area (Å²) < 4.78 is 102. The Labute approximate surface area is 91.7 Å². The van der Waals surface area contributed by atoms with Crippen LogP contribution in [0.2, 0.25) is 0 Å². The summed E-state index contributed by atoms with van der Waals surface area (Å²) in [6.07, 6.45) is 0. The van der Waals surface area contributed by atoms with Gasteiger partial charge >= 0.3 is 23.7 Å². The van der Waals surface area contributed by atoms with Gasteiger partial charge in [-0.1, -0.05) is 0 Å². The van der Waals surface area contributed by atoms with Crippen molar-refractivity contribution in [1.29, 1.82) is 0 Å². The van der Waals surface area contributed by atoms with Crippen molar-refractivity contribution in [2.24, 2.45) is 0 Å². The number of alkyl halides is 8. The zero-order valence-electron chi connectivity index (χ0n) is 8.85. The number of ether oxygens (including phenoxy) is 1. The van der Waals surface area contributed by atoms with E-state index in [1.54, 1.807) is 0 Å². The SMILES string of the molecule is CC(F)(F)C(F)(F)COCC(F)(F)C(C)(F)F. The van der Waals surface area contributed by atoms with Crippen molar-refractivity contribution in [2.75, 3.05) is 13.2 Å². The quantitative estimate of drug-likeness (QED) is 0.673. The predicted molar refractivity (Wildman–Crippen MR) is 42.0 cm³/mol. The molecule has 0 radical (unpaired) electrons. The molecule has 0 aromatic carbocycles. The fourth-order valence-corrected chi connectivity index (χ4v) is 0.561. The molecule has 0 aromatic rings. The molecule has 17 heavy (non-hydrogen) atoms. The molecule has 0 rings (SSSR count). The van der Waals surface area contributed by atoms with Crippen LogP contribution in [0, 0.1) is 0 Å². The Hall–Kier alpha value is -0.600. The van der Waals surface area contributed by atoms with Crippen molar-refractivity contribution in [1.82, 2.24) is 0 Å². The van der Waals surface area contributed by atoms with E-state index in [-0.39, 0.29) is 13.8 Å². The summed E-state index contributed by atoms with van der Waals surface area (Å²) in [5.74, 6) is -18.4. The summed E-state index contributed by atoms with van der Waals surface area (Å²) in [6.45, 7) is -4.41. The largest absolute Gasteiger partial charge is 0.368 e. The molecule has 0 spiro atoms. The lowest BCUT2D eigenvalue weighted by Crippen LogP contribution is -2.46. The van der Waals surface area contributed by atoms with Crippen LogP contribution in [0.15, 0.2) is 0 Å². The summed E-state index contributed by atoms with van der Waals surface area (Å²) >= 11 is 0. The standard InChI is InChI=1S/C8H10F8O/c1-5(9,10)7(13,14)3-17-4-8(15,16)6(2,11)12/h3-4H2,1-2H3. The fraction of sp³-hybridized carbons (Fsp3) is 1.00. The lowest BCUT2D eigenvalue weighted by molar-refractivity contribution is -0.255. The van der Waals surface area contributed by atoms with Crippen LogP contribution in [0.1, 0.15) is 13.8 Å². The van der Waals surface area contributed by atoms with Crippen LogP contribution in [0.25, 0.3) is 0 Å². The maximum atomic E-state index is 12.5. The number of rotatable bonds is 6. The highest BCUT2D eigenvalue weighted by atomic mass is 19.3. The highest BCUT2D eigenvalue weighted by molar-refractivity contribution is 4.83. The molecule has 0 aliphatic carbocycles. The molecule has 0 amide bonds. The minimum atomic E-state index is -4.70. The van der Waals surface area contributed by atoms with Gasteiger partial charge in [-0.25, -0.2) is 17.6 Å². The molecule has 0 bridgehead atoms. The second-order valence-corrected chi connectivity index (χ2v) is 3.68. The lowest BCUT2D eigenvalue weighted by atomic mass is 10.2. The average molecular weight is 274 g/mol. The first-order valence-corrected chi connectivity index (χ1v) is 4.30. The van der Waals surface area contributed by atoms with Crippen LogP contribution >= 0.6 is 0 Å². The van der Waals surface area contributed by atoms with E-state index in [9.17, 15) is 35.1 Å². The zero-order chi connectivity index (χ0) is 14.1. The lowest BCUT2D eigenvalue weighted by Gasteiger charge is -2.26. The van der Waals surface area contributed by atoms with Gasteiger partial charge < -0.3 is 4.74 Å². The van der Waals surface area contributed by atoms with E-state index < -0.39 is 36.9 Å². The van der Waals surface area contributed by atoms with Gasteiger partial charge in [0.1, 0.15) is 13.2 Å². The van der Waals surface area contributed by atoms with E-state index in [4.69, 9.17) is 0 Å². The zero-order valence-corrected chi connectivity index (χ0v) is 8.85. The molecule has 0 saturated carbocycles. The van der Waals surface area contributed by atoms with Crippen LogP contribution in [0.4, 0.5) is 35.1 Å². The van der Waals surface area contributed by atoms with Crippen molar-refractivity contribution < 1.29 is 39.9 Å². The molecule has 9 heteroatoms. The van der Waals surface area contributed by atoms with E-state index in [0.29, 0.717) is 0 Å². The summed E-state index contributed by atoms with van der Waals surface area (Å²) in [4.78, 5) is 0. The first-order chi connectivity index (χ1) is 7.21. The van der Waals surface area contributed by atoms with Gasteiger partial charge in [0.15, 0.2) is 0 Å². The minimum absolute atomic E-state index is 0.136. The predicted octanol–water partition coefficient (Wildman–Crippen LogP) is 3.58. The molecule has 0 N–H and O–H groups in total. The van der Waals surface area contributed by atoms with Crippen LogP contribution in [-0.2, 0) is 4.74 Å². The molecule has 0 aliphatic heterocycles. The summed E-state index contributed by atoms with van der Waals surface area (Å²) in [7, 11) is 0. The Morgan fingerprint density at radius 2 is 0.882 bits per heavy atom. The second kappa shape index (κ2) is 4.58. The second-order valence-electron chi connectivity index (χ2n) is 3.68. The Morgan fingerprint density at radius 1 is 0.647 bits per heavy atom. The Morgan fingerprint density at radius 3 is 1.06 bits per heavy atom. The summed E-state index contributed by atoms with van der Waals surface area (Å²) in [6, 6.07) is 0. The van der Waals surface area contributed by atoms with Crippen LogP contribution in [-0.4, -0.2) is 36.9 Å². The van der Waals surface area contributed by atoms with Crippen LogP contribution < -0.4 is 0 Å². The molecule has 0 atom stereocenters. The van der Waals surface area contributed by atoms with E-state index >= 15 is 0 Å². The Kier molecular flexibility index (Phi) is 4.42. The molecule has 104 valence electrons. The van der Waals surface area contributed by atoms with E-state index in [2.05, 4.69) is 4.74 Å². The molecule has 0 fully saturated rings. The van der Waals surface area contributed by atoms with Gasteiger partial charge in [0.25, 0.3) is 0 Å². The van der Waals surface area contributed by atoms with Gasteiger partial charge in [-0.05, 0) is 0 Å². The minimum Gasteiger partial charge on any atom is -0.368 e. The summed E-state index contributed by atoms with van der Waals surface area (Å²) in [5.41, 5.74) is 0. The molecule has 1 nitrogen and oxygen atoms in total. The maximum Gasteiger partial charge on any atom is 0.332 e.